The van der Waals surface area contributed by atoms with E-state index in [1.54, 1.807) is 4.90 Å². The Morgan fingerprint density at radius 3 is 2.13 bits per heavy atom. The molecule has 2 rings (SSSR count). The number of esters is 1. The van der Waals surface area contributed by atoms with E-state index in [0.29, 0.717) is 26.1 Å². The van der Waals surface area contributed by atoms with E-state index >= 15 is 0 Å². The SMILES string of the molecule is COC(=O)CCN(C)c1ccc(N2CCN(C(=O)OC(C)(C)C)CC2)cc1.NC=O. The van der Waals surface area contributed by atoms with E-state index in [4.69, 9.17) is 9.53 Å². The summed E-state index contributed by atoms with van der Waals surface area (Å²) in [7, 11) is 3.36. The van der Waals surface area contributed by atoms with Crippen LogP contribution in [-0.2, 0) is 19.1 Å². The fraction of sp³-hybridized carbons (Fsp3) is 0.571. The van der Waals surface area contributed by atoms with Gasteiger partial charge in [0.1, 0.15) is 5.60 Å². The smallest absolute Gasteiger partial charge is 0.410 e. The maximum absolute atomic E-state index is 12.2. The molecule has 1 saturated heterocycles. The number of piperazine rings is 1. The van der Waals surface area contributed by atoms with Crippen molar-refractivity contribution in [3.8, 4) is 0 Å². The lowest BCUT2D eigenvalue weighted by atomic mass is 10.2. The number of nitrogens with zero attached hydrogens (tertiary/aromatic N) is 3. The molecule has 1 aliphatic heterocycles. The van der Waals surface area contributed by atoms with Crippen molar-refractivity contribution in [2.45, 2.75) is 32.8 Å². The van der Waals surface area contributed by atoms with Crippen LogP contribution in [0.4, 0.5) is 16.2 Å². The van der Waals surface area contributed by atoms with Gasteiger partial charge in [0, 0.05) is 51.1 Å². The molecule has 30 heavy (non-hydrogen) atoms. The average molecular weight is 423 g/mol. The van der Waals surface area contributed by atoms with Crippen molar-refractivity contribution < 1.29 is 23.9 Å². The quantitative estimate of drug-likeness (QED) is 0.570. The fourth-order valence-corrected chi connectivity index (χ4v) is 2.88. The second-order valence-corrected chi connectivity index (χ2v) is 7.85. The number of nitrogens with two attached hydrogens (primary N) is 1. The first kappa shape index (κ1) is 25.1. The number of primary amides is 1. The summed E-state index contributed by atoms with van der Waals surface area (Å²) >= 11 is 0. The first-order valence-corrected chi connectivity index (χ1v) is 9.87. The van der Waals surface area contributed by atoms with E-state index < -0.39 is 5.60 Å². The molecule has 1 aromatic carbocycles. The molecule has 2 N–H and O–H groups in total. The van der Waals surface area contributed by atoms with Gasteiger partial charge in [-0.1, -0.05) is 0 Å². The van der Waals surface area contributed by atoms with Crippen LogP contribution in [0.15, 0.2) is 24.3 Å². The predicted molar refractivity (Wildman–Crippen MR) is 117 cm³/mol. The van der Waals surface area contributed by atoms with E-state index in [1.807, 2.05) is 44.9 Å². The lowest BCUT2D eigenvalue weighted by molar-refractivity contribution is -0.140. The molecule has 1 aromatic rings. The number of anilines is 2. The molecular weight excluding hydrogens is 388 g/mol. The zero-order chi connectivity index (χ0) is 22.7. The zero-order valence-electron chi connectivity index (χ0n) is 18.6. The van der Waals surface area contributed by atoms with Crippen LogP contribution in [0.2, 0.25) is 0 Å². The molecule has 2 amide bonds. The highest BCUT2D eigenvalue weighted by Crippen LogP contribution is 2.22. The molecule has 0 bridgehead atoms. The van der Waals surface area contributed by atoms with Gasteiger partial charge in [-0.3, -0.25) is 9.59 Å². The van der Waals surface area contributed by atoms with Crippen LogP contribution in [0.5, 0.6) is 0 Å². The van der Waals surface area contributed by atoms with Crippen LogP contribution in [0, 0.1) is 0 Å². The predicted octanol–water partition coefficient (Wildman–Crippen LogP) is 1.84. The Morgan fingerprint density at radius 2 is 1.67 bits per heavy atom. The third-order valence-corrected chi connectivity index (χ3v) is 4.47. The average Bonchev–Trinajstić information content (AvgIpc) is 2.71. The summed E-state index contributed by atoms with van der Waals surface area (Å²) in [5, 5.41) is 0. The molecule has 0 aromatic heterocycles. The Kier molecular flexibility index (Phi) is 9.94. The van der Waals surface area contributed by atoms with Crippen molar-refractivity contribution in [2.24, 2.45) is 5.73 Å². The van der Waals surface area contributed by atoms with Gasteiger partial charge < -0.3 is 29.9 Å². The van der Waals surface area contributed by atoms with Crippen molar-refractivity contribution in [3.05, 3.63) is 24.3 Å². The summed E-state index contributed by atoms with van der Waals surface area (Å²) in [6.45, 7) is 9.10. The number of hydrogen-bond donors (Lipinski definition) is 1. The summed E-state index contributed by atoms with van der Waals surface area (Å²) < 4.78 is 10.1. The minimum atomic E-state index is -0.468. The van der Waals surface area contributed by atoms with Crippen molar-refractivity contribution in [1.82, 2.24) is 4.90 Å². The van der Waals surface area contributed by atoms with Crippen LogP contribution in [0.1, 0.15) is 27.2 Å². The highest BCUT2D eigenvalue weighted by Gasteiger charge is 2.25. The van der Waals surface area contributed by atoms with E-state index in [0.717, 1.165) is 24.5 Å². The summed E-state index contributed by atoms with van der Waals surface area (Å²) in [6.07, 6.45) is 0.367. The monoisotopic (exact) mass is 422 g/mol. The molecule has 0 spiro atoms. The lowest BCUT2D eigenvalue weighted by Gasteiger charge is -2.36. The number of carbonyl (C=O) groups is 3. The van der Waals surface area contributed by atoms with Crippen LogP contribution in [0.3, 0.4) is 0 Å². The van der Waals surface area contributed by atoms with Gasteiger partial charge in [-0.25, -0.2) is 4.79 Å². The van der Waals surface area contributed by atoms with Gasteiger partial charge >= 0.3 is 12.1 Å². The molecule has 1 aliphatic rings. The molecule has 9 nitrogen and oxygen atoms in total. The molecule has 1 heterocycles. The first-order chi connectivity index (χ1) is 14.1. The minimum absolute atomic E-state index is 0.207. The van der Waals surface area contributed by atoms with E-state index in [1.165, 1.54) is 7.11 Å². The largest absolute Gasteiger partial charge is 0.469 e. The Hall–Kier alpha value is -2.97. The molecule has 0 radical (unpaired) electrons. The molecule has 0 atom stereocenters. The molecular formula is C21H34N4O5. The highest BCUT2D eigenvalue weighted by molar-refractivity contribution is 5.70. The molecule has 0 aliphatic carbocycles. The normalized spacial score (nSPS) is 13.6. The zero-order valence-corrected chi connectivity index (χ0v) is 18.6. The summed E-state index contributed by atoms with van der Waals surface area (Å²) in [5.41, 5.74) is 5.88. The van der Waals surface area contributed by atoms with Crippen LogP contribution in [0.25, 0.3) is 0 Å². The van der Waals surface area contributed by atoms with Gasteiger partial charge in [0.2, 0.25) is 6.41 Å². The third kappa shape index (κ3) is 8.59. The summed E-state index contributed by atoms with van der Waals surface area (Å²) in [4.78, 5) is 38.1. The standard InChI is InChI=1S/C20H31N3O4.CH3NO/c1-20(2,3)27-19(25)23-14-12-22(13-15-23)17-8-6-16(7-9-17)21(4)11-10-18(24)26-5;2-1-3/h6-9H,10-15H2,1-5H3;1H,(H2,2,3). The maximum atomic E-state index is 12.2. The second kappa shape index (κ2) is 11.9. The van der Waals surface area contributed by atoms with Gasteiger partial charge in [-0.05, 0) is 45.0 Å². The van der Waals surface area contributed by atoms with Crippen LogP contribution in [-0.4, -0.2) is 75.9 Å². The lowest BCUT2D eigenvalue weighted by Crippen LogP contribution is -2.50. The van der Waals surface area contributed by atoms with Gasteiger partial charge in [0.05, 0.1) is 13.5 Å². The first-order valence-electron chi connectivity index (χ1n) is 9.87. The molecule has 9 heteroatoms. The topological polar surface area (TPSA) is 105 Å². The maximum Gasteiger partial charge on any atom is 0.410 e. The Morgan fingerprint density at radius 1 is 1.13 bits per heavy atom. The Bertz CT molecular complexity index is 680. The minimum Gasteiger partial charge on any atom is -0.469 e. The van der Waals surface area contributed by atoms with Crippen molar-refractivity contribution in [2.75, 3.05) is 56.7 Å². The number of methoxy groups -OCH3 is 1. The van der Waals surface area contributed by atoms with Gasteiger partial charge in [0.15, 0.2) is 0 Å². The van der Waals surface area contributed by atoms with Gasteiger partial charge in [-0.15, -0.1) is 0 Å². The van der Waals surface area contributed by atoms with Gasteiger partial charge in [-0.2, -0.15) is 0 Å². The third-order valence-electron chi connectivity index (χ3n) is 4.47. The van der Waals surface area contributed by atoms with E-state index in [2.05, 4.69) is 27.5 Å². The molecule has 168 valence electrons. The molecule has 0 saturated carbocycles. The number of amides is 2. The van der Waals surface area contributed by atoms with Crippen molar-refractivity contribution >= 4 is 29.8 Å². The van der Waals surface area contributed by atoms with Crippen LogP contribution < -0.4 is 15.5 Å². The highest BCUT2D eigenvalue weighted by atomic mass is 16.6. The second-order valence-electron chi connectivity index (χ2n) is 7.85. The van der Waals surface area contributed by atoms with Crippen molar-refractivity contribution in [3.63, 3.8) is 0 Å². The van der Waals surface area contributed by atoms with E-state index in [9.17, 15) is 9.59 Å². The number of ether oxygens (including phenoxy) is 2. The van der Waals surface area contributed by atoms with E-state index in [-0.39, 0.29) is 18.5 Å². The van der Waals surface area contributed by atoms with Crippen molar-refractivity contribution in [1.29, 1.82) is 0 Å². The Labute approximate surface area is 178 Å². The number of benzene rings is 1. The summed E-state index contributed by atoms with van der Waals surface area (Å²) in [5.74, 6) is -0.207. The molecule has 1 fully saturated rings. The number of hydrogen-bond acceptors (Lipinski definition) is 7. The molecule has 0 unspecified atom stereocenters. The van der Waals surface area contributed by atoms with Crippen LogP contribution >= 0.6 is 0 Å². The summed E-state index contributed by atoms with van der Waals surface area (Å²) in [6, 6.07) is 8.25. The number of carbonyl (C=O) groups excluding carboxylic acids is 3. The number of rotatable bonds is 5. The fourth-order valence-electron chi connectivity index (χ4n) is 2.88. The van der Waals surface area contributed by atoms with Gasteiger partial charge in [0.25, 0.3) is 0 Å². The Balaban J connectivity index is 0.00000141.